The highest BCUT2D eigenvalue weighted by Gasteiger charge is 2.21. The summed E-state index contributed by atoms with van der Waals surface area (Å²) in [5.41, 5.74) is 4.30. The Morgan fingerprint density at radius 3 is 2.68 bits per heavy atom. The molecule has 1 heterocycles. The van der Waals surface area contributed by atoms with E-state index in [1.807, 2.05) is 18.2 Å². The van der Waals surface area contributed by atoms with Crippen LogP contribution in [0.3, 0.4) is 0 Å². The normalized spacial score (nSPS) is 15.4. The van der Waals surface area contributed by atoms with Crippen LogP contribution in [-0.4, -0.2) is 31.1 Å². The molecule has 0 atom stereocenters. The molecule has 0 radical (unpaired) electrons. The van der Waals surface area contributed by atoms with Crippen molar-refractivity contribution >= 4 is 23.3 Å². The van der Waals surface area contributed by atoms with Crippen molar-refractivity contribution < 1.29 is 9.18 Å². The van der Waals surface area contributed by atoms with Crippen molar-refractivity contribution in [3.05, 3.63) is 63.9 Å². The Hall–Kier alpha value is -2.11. The molecule has 1 aliphatic rings. The Balaban J connectivity index is 1.58. The van der Waals surface area contributed by atoms with E-state index in [1.54, 1.807) is 13.1 Å². The zero-order valence-corrected chi connectivity index (χ0v) is 17.2. The van der Waals surface area contributed by atoms with Crippen LogP contribution in [0.15, 0.2) is 36.4 Å². The van der Waals surface area contributed by atoms with Gasteiger partial charge in [-0.2, -0.15) is 0 Å². The molecule has 28 heavy (non-hydrogen) atoms. The molecule has 1 aliphatic heterocycles. The van der Waals surface area contributed by atoms with E-state index in [0.29, 0.717) is 5.92 Å². The highest BCUT2D eigenvalue weighted by Crippen LogP contribution is 2.27. The first-order valence-electron chi connectivity index (χ1n) is 9.69. The van der Waals surface area contributed by atoms with Crippen LogP contribution in [0.5, 0.6) is 0 Å². The number of likely N-dealkylation sites (tertiary alicyclic amines) is 1. The van der Waals surface area contributed by atoms with Gasteiger partial charge in [-0.3, -0.25) is 4.90 Å². The van der Waals surface area contributed by atoms with Gasteiger partial charge in [0.05, 0.1) is 5.02 Å². The number of urea groups is 1. The predicted octanol–water partition coefficient (Wildman–Crippen LogP) is 4.99. The molecule has 2 amide bonds. The summed E-state index contributed by atoms with van der Waals surface area (Å²) in [4.78, 5) is 14.2. The minimum atomic E-state index is -0.361. The van der Waals surface area contributed by atoms with Crippen LogP contribution in [0.25, 0.3) is 0 Å². The summed E-state index contributed by atoms with van der Waals surface area (Å²) in [5, 5.41) is 5.73. The van der Waals surface area contributed by atoms with Gasteiger partial charge in [-0.05, 0) is 80.1 Å². The third-order valence-electron chi connectivity index (χ3n) is 5.48. The zero-order valence-electron chi connectivity index (χ0n) is 16.4. The number of hydrogen-bond donors (Lipinski definition) is 2. The summed E-state index contributed by atoms with van der Waals surface area (Å²) in [6.45, 7) is 4.91. The van der Waals surface area contributed by atoms with Crippen molar-refractivity contribution in [1.82, 2.24) is 10.2 Å². The first-order valence-corrected chi connectivity index (χ1v) is 10.1. The highest BCUT2D eigenvalue weighted by atomic mass is 35.5. The van der Waals surface area contributed by atoms with E-state index in [0.717, 1.165) is 55.7 Å². The van der Waals surface area contributed by atoms with Crippen LogP contribution in [-0.2, 0) is 13.0 Å². The van der Waals surface area contributed by atoms with Gasteiger partial charge in [-0.15, -0.1) is 0 Å². The number of aryl methyl sites for hydroxylation is 1. The Labute approximate surface area is 171 Å². The molecule has 2 aromatic carbocycles. The lowest BCUT2D eigenvalue weighted by atomic mass is 9.90. The molecule has 2 aromatic rings. The fourth-order valence-corrected chi connectivity index (χ4v) is 3.99. The second kappa shape index (κ2) is 9.39. The van der Waals surface area contributed by atoms with Crippen LogP contribution >= 0.6 is 11.6 Å². The molecule has 0 bridgehead atoms. The third-order valence-corrected chi connectivity index (χ3v) is 5.77. The Bertz CT molecular complexity index is 835. The maximum absolute atomic E-state index is 13.3. The fourth-order valence-electron chi connectivity index (χ4n) is 3.79. The minimum absolute atomic E-state index is 0.200. The third kappa shape index (κ3) is 5.24. The second-order valence-electron chi connectivity index (χ2n) is 7.48. The topological polar surface area (TPSA) is 44.4 Å². The molecule has 6 heteroatoms. The van der Waals surface area contributed by atoms with Gasteiger partial charge in [0.2, 0.25) is 0 Å². The number of halogens is 2. The molecule has 150 valence electrons. The Morgan fingerprint density at radius 2 is 2.00 bits per heavy atom. The van der Waals surface area contributed by atoms with Gasteiger partial charge in [0.25, 0.3) is 0 Å². The molecule has 0 aromatic heterocycles. The van der Waals surface area contributed by atoms with Gasteiger partial charge >= 0.3 is 6.03 Å². The molecule has 2 N–H and O–H groups in total. The molecule has 0 spiro atoms. The van der Waals surface area contributed by atoms with E-state index in [-0.39, 0.29) is 16.9 Å². The summed E-state index contributed by atoms with van der Waals surface area (Å²) >= 11 is 5.90. The van der Waals surface area contributed by atoms with Gasteiger partial charge in [0.15, 0.2) is 0 Å². The molecule has 0 aliphatic carbocycles. The SMILES string of the molecule is CNC(=O)Nc1cccc(C)c1CN1CCC(Cc2ccc(F)c(Cl)c2)CC1. The fraction of sp³-hybridized carbons (Fsp3) is 0.409. The number of nitrogens with one attached hydrogen (secondary N) is 2. The number of carbonyl (C=O) groups is 1. The number of piperidine rings is 1. The van der Waals surface area contributed by atoms with Crippen molar-refractivity contribution in [3.8, 4) is 0 Å². The van der Waals surface area contributed by atoms with E-state index in [9.17, 15) is 9.18 Å². The number of benzene rings is 2. The van der Waals surface area contributed by atoms with E-state index in [2.05, 4.69) is 28.5 Å². The number of anilines is 1. The number of carbonyl (C=O) groups excluding carboxylic acids is 1. The molecule has 0 saturated carbocycles. The standard InChI is InChI=1S/C22H27ClFN3O/c1-15-4-3-5-21(26-22(28)25-2)18(15)14-27-10-8-16(9-11-27)12-17-6-7-20(24)19(23)13-17/h3-7,13,16H,8-12,14H2,1-2H3,(H2,25,26,28). The molecular weight excluding hydrogens is 377 g/mol. The molecule has 4 nitrogen and oxygen atoms in total. The Kier molecular flexibility index (Phi) is 6.92. The lowest BCUT2D eigenvalue weighted by Gasteiger charge is -2.33. The maximum Gasteiger partial charge on any atom is 0.318 e. The van der Waals surface area contributed by atoms with Gasteiger partial charge in [0.1, 0.15) is 5.82 Å². The predicted molar refractivity (Wildman–Crippen MR) is 112 cm³/mol. The van der Waals surface area contributed by atoms with E-state index in [4.69, 9.17) is 11.6 Å². The van der Waals surface area contributed by atoms with Crippen LogP contribution < -0.4 is 10.6 Å². The number of nitrogens with zero attached hydrogens (tertiary/aromatic N) is 1. The quantitative estimate of drug-likeness (QED) is 0.738. The molecule has 1 fully saturated rings. The summed E-state index contributed by atoms with van der Waals surface area (Å²) in [5.74, 6) is 0.220. The van der Waals surface area contributed by atoms with Crippen molar-refractivity contribution in [2.75, 3.05) is 25.5 Å². The van der Waals surface area contributed by atoms with Crippen molar-refractivity contribution in [2.45, 2.75) is 32.7 Å². The van der Waals surface area contributed by atoms with Gasteiger partial charge in [-0.1, -0.05) is 29.8 Å². The summed E-state index contributed by atoms with van der Waals surface area (Å²) in [6.07, 6.45) is 3.12. The van der Waals surface area contributed by atoms with Crippen LogP contribution in [0.1, 0.15) is 29.5 Å². The highest BCUT2D eigenvalue weighted by molar-refractivity contribution is 6.30. The van der Waals surface area contributed by atoms with Gasteiger partial charge in [-0.25, -0.2) is 9.18 Å². The van der Waals surface area contributed by atoms with Crippen LogP contribution in [0.4, 0.5) is 14.9 Å². The van der Waals surface area contributed by atoms with E-state index >= 15 is 0 Å². The number of hydrogen-bond acceptors (Lipinski definition) is 2. The minimum Gasteiger partial charge on any atom is -0.341 e. The lowest BCUT2D eigenvalue weighted by Crippen LogP contribution is -2.34. The molecule has 1 saturated heterocycles. The van der Waals surface area contributed by atoms with Crippen molar-refractivity contribution in [2.24, 2.45) is 5.92 Å². The smallest absolute Gasteiger partial charge is 0.318 e. The molecule has 3 rings (SSSR count). The van der Waals surface area contributed by atoms with Gasteiger partial charge < -0.3 is 10.6 Å². The first-order chi connectivity index (χ1) is 13.5. The van der Waals surface area contributed by atoms with Crippen molar-refractivity contribution in [3.63, 3.8) is 0 Å². The maximum atomic E-state index is 13.3. The number of amides is 2. The number of rotatable bonds is 5. The first kappa shape index (κ1) is 20.6. The zero-order chi connectivity index (χ0) is 20.1. The monoisotopic (exact) mass is 403 g/mol. The largest absolute Gasteiger partial charge is 0.341 e. The second-order valence-corrected chi connectivity index (χ2v) is 7.88. The summed E-state index contributed by atoms with van der Waals surface area (Å²) in [6, 6.07) is 10.8. The summed E-state index contributed by atoms with van der Waals surface area (Å²) < 4.78 is 13.3. The lowest BCUT2D eigenvalue weighted by molar-refractivity contribution is 0.177. The van der Waals surface area contributed by atoms with E-state index < -0.39 is 0 Å². The average molecular weight is 404 g/mol. The van der Waals surface area contributed by atoms with Crippen LogP contribution in [0.2, 0.25) is 5.02 Å². The van der Waals surface area contributed by atoms with Crippen molar-refractivity contribution in [1.29, 1.82) is 0 Å². The molecule has 0 unspecified atom stereocenters. The Morgan fingerprint density at radius 1 is 1.25 bits per heavy atom. The average Bonchev–Trinajstić information content (AvgIpc) is 2.68. The van der Waals surface area contributed by atoms with Crippen LogP contribution in [0, 0.1) is 18.7 Å². The molecular formula is C22H27ClFN3O. The summed E-state index contributed by atoms with van der Waals surface area (Å²) in [7, 11) is 1.61. The van der Waals surface area contributed by atoms with Gasteiger partial charge in [0, 0.05) is 19.3 Å². The van der Waals surface area contributed by atoms with E-state index in [1.165, 1.54) is 11.6 Å².